The SMILES string of the molecule is CNS(=O)(=O)c1cccc(CNC(=O)c2ccc(F)c(S(=O)(=O)NC)c2)c1. The van der Waals surface area contributed by atoms with Gasteiger partial charge >= 0.3 is 0 Å². The molecule has 0 spiro atoms. The van der Waals surface area contributed by atoms with Gasteiger partial charge in [0.05, 0.1) is 4.90 Å². The average Bonchev–Trinajstić information content (AvgIpc) is 2.66. The standard InChI is InChI=1S/C16H18FN3O5S2/c1-18-26(22,23)13-5-3-4-11(8-13)10-20-16(21)12-6-7-14(17)15(9-12)27(24,25)19-2/h3-9,18-19H,10H2,1-2H3,(H,20,21). The molecule has 0 aromatic heterocycles. The number of benzene rings is 2. The minimum atomic E-state index is -4.06. The van der Waals surface area contributed by atoms with E-state index in [4.69, 9.17) is 0 Å². The molecule has 0 aliphatic rings. The lowest BCUT2D eigenvalue weighted by Gasteiger charge is -2.09. The number of halogens is 1. The Balaban J connectivity index is 2.20. The van der Waals surface area contributed by atoms with Crippen molar-refractivity contribution in [3.05, 3.63) is 59.4 Å². The molecule has 0 atom stereocenters. The van der Waals surface area contributed by atoms with Crippen LogP contribution in [0.15, 0.2) is 52.3 Å². The summed E-state index contributed by atoms with van der Waals surface area (Å²) in [5, 5.41) is 2.54. The van der Waals surface area contributed by atoms with Crippen molar-refractivity contribution < 1.29 is 26.0 Å². The highest BCUT2D eigenvalue weighted by Gasteiger charge is 2.19. The van der Waals surface area contributed by atoms with E-state index in [1.54, 1.807) is 6.07 Å². The van der Waals surface area contributed by atoms with Crippen LogP contribution in [0.3, 0.4) is 0 Å². The molecule has 0 unspecified atom stereocenters. The maximum absolute atomic E-state index is 13.7. The maximum Gasteiger partial charge on any atom is 0.251 e. The van der Waals surface area contributed by atoms with Crippen LogP contribution in [-0.4, -0.2) is 36.8 Å². The minimum absolute atomic E-state index is 0.00258. The topological polar surface area (TPSA) is 121 Å². The highest BCUT2D eigenvalue weighted by molar-refractivity contribution is 7.89. The quantitative estimate of drug-likeness (QED) is 0.611. The number of amides is 1. The van der Waals surface area contributed by atoms with Crippen molar-refractivity contribution in [2.24, 2.45) is 0 Å². The van der Waals surface area contributed by atoms with Crippen LogP contribution in [0.25, 0.3) is 0 Å². The first-order chi connectivity index (χ1) is 12.6. The second-order valence-corrected chi connectivity index (χ2v) is 9.13. The lowest BCUT2D eigenvalue weighted by molar-refractivity contribution is 0.0950. The van der Waals surface area contributed by atoms with Gasteiger partial charge < -0.3 is 5.32 Å². The summed E-state index contributed by atoms with van der Waals surface area (Å²) < 4.78 is 65.1. The van der Waals surface area contributed by atoms with Gasteiger partial charge in [-0.1, -0.05) is 12.1 Å². The molecule has 0 aliphatic heterocycles. The molecule has 2 rings (SSSR count). The summed E-state index contributed by atoms with van der Waals surface area (Å²) in [4.78, 5) is 11.7. The van der Waals surface area contributed by atoms with E-state index in [9.17, 15) is 26.0 Å². The molecule has 27 heavy (non-hydrogen) atoms. The Hall–Kier alpha value is -2.34. The lowest BCUT2D eigenvalue weighted by atomic mass is 10.2. The molecule has 8 nitrogen and oxygen atoms in total. The zero-order chi connectivity index (χ0) is 20.2. The van der Waals surface area contributed by atoms with Gasteiger partial charge in [-0.2, -0.15) is 0 Å². The van der Waals surface area contributed by atoms with Gasteiger partial charge in [0.25, 0.3) is 5.91 Å². The molecule has 2 aromatic carbocycles. The molecule has 146 valence electrons. The Kier molecular flexibility index (Phi) is 6.31. The average molecular weight is 415 g/mol. The predicted molar refractivity (Wildman–Crippen MR) is 96.5 cm³/mol. The first-order valence-corrected chi connectivity index (χ1v) is 10.6. The van der Waals surface area contributed by atoms with E-state index in [2.05, 4.69) is 10.0 Å². The molecular weight excluding hydrogens is 397 g/mol. The molecule has 2 aromatic rings. The Labute approximate surface area is 156 Å². The third-order valence-corrected chi connectivity index (χ3v) is 6.52. The molecule has 0 heterocycles. The fourth-order valence-corrected chi connectivity index (χ4v) is 3.81. The van der Waals surface area contributed by atoms with Crippen molar-refractivity contribution in [1.29, 1.82) is 0 Å². The highest BCUT2D eigenvalue weighted by Crippen LogP contribution is 2.16. The van der Waals surface area contributed by atoms with Gasteiger partial charge in [-0.05, 0) is 50.0 Å². The molecule has 11 heteroatoms. The molecule has 0 aliphatic carbocycles. The number of sulfonamides is 2. The van der Waals surface area contributed by atoms with E-state index >= 15 is 0 Å². The van der Waals surface area contributed by atoms with Crippen molar-refractivity contribution in [3.8, 4) is 0 Å². The monoisotopic (exact) mass is 415 g/mol. The normalized spacial score (nSPS) is 12.0. The van der Waals surface area contributed by atoms with Crippen LogP contribution in [0.2, 0.25) is 0 Å². The fraction of sp³-hybridized carbons (Fsp3) is 0.188. The summed E-state index contributed by atoms with van der Waals surface area (Å²) in [5.74, 6) is -1.62. The van der Waals surface area contributed by atoms with Gasteiger partial charge in [0.15, 0.2) is 0 Å². The molecule has 0 radical (unpaired) electrons. The van der Waals surface area contributed by atoms with Crippen LogP contribution in [-0.2, 0) is 26.6 Å². The number of hydrogen-bond donors (Lipinski definition) is 3. The van der Waals surface area contributed by atoms with Crippen molar-refractivity contribution >= 4 is 26.0 Å². The van der Waals surface area contributed by atoms with E-state index < -0.39 is 36.7 Å². The first kappa shape index (κ1) is 21.0. The largest absolute Gasteiger partial charge is 0.348 e. The van der Waals surface area contributed by atoms with Crippen molar-refractivity contribution in [2.45, 2.75) is 16.3 Å². The number of carbonyl (C=O) groups is 1. The molecule has 0 saturated heterocycles. The summed E-state index contributed by atoms with van der Waals surface area (Å²) in [6.45, 7) is -0.00258. The second kappa shape index (κ2) is 8.13. The van der Waals surface area contributed by atoms with E-state index in [1.807, 2.05) is 4.72 Å². The van der Waals surface area contributed by atoms with E-state index in [0.29, 0.717) is 5.56 Å². The number of carbonyl (C=O) groups excluding carboxylic acids is 1. The zero-order valence-corrected chi connectivity index (χ0v) is 16.1. The summed E-state index contributed by atoms with van der Waals surface area (Å²) >= 11 is 0. The van der Waals surface area contributed by atoms with E-state index in [0.717, 1.165) is 25.2 Å². The Morgan fingerprint density at radius 1 is 0.963 bits per heavy atom. The minimum Gasteiger partial charge on any atom is -0.348 e. The van der Waals surface area contributed by atoms with Gasteiger partial charge in [-0.25, -0.2) is 30.7 Å². The summed E-state index contributed by atoms with van der Waals surface area (Å²) in [5.41, 5.74) is 0.467. The van der Waals surface area contributed by atoms with Crippen molar-refractivity contribution in [3.63, 3.8) is 0 Å². The highest BCUT2D eigenvalue weighted by atomic mass is 32.2. The summed E-state index contributed by atoms with van der Waals surface area (Å²) in [6, 6.07) is 8.93. The smallest absolute Gasteiger partial charge is 0.251 e. The van der Waals surface area contributed by atoms with Crippen LogP contribution in [0.5, 0.6) is 0 Å². The molecule has 3 N–H and O–H groups in total. The van der Waals surface area contributed by atoms with Gasteiger partial charge in [0, 0.05) is 12.1 Å². The van der Waals surface area contributed by atoms with Gasteiger partial charge in [0.1, 0.15) is 10.7 Å². The van der Waals surface area contributed by atoms with Gasteiger partial charge in [-0.3, -0.25) is 4.79 Å². The predicted octanol–water partition coefficient (Wildman–Crippen LogP) is 0.572. The van der Waals surface area contributed by atoms with E-state index in [-0.39, 0.29) is 17.0 Å². The Morgan fingerprint density at radius 2 is 1.63 bits per heavy atom. The molecule has 0 fully saturated rings. The fourth-order valence-electron chi connectivity index (χ4n) is 2.19. The van der Waals surface area contributed by atoms with Crippen LogP contribution in [0.4, 0.5) is 4.39 Å². The second-order valence-electron chi connectivity index (χ2n) is 5.39. The molecular formula is C16H18FN3O5S2. The van der Waals surface area contributed by atoms with Crippen LogP contribution >= 0.6 is 0 Å². The number of rotatable bonds is 7. The molecule has 1 amide bonds. The van der Waals surface area contributed by atoms with Gasteiger partial charge in [0.2, 0.25) is 20.0 Å². The van der Waals surface area contributed by atoms with Crippen molar-refractivity contribution in [1.82, 2.24) is 14.8 Å². The van der Waals surface area contributed by atoms with E-state index in [1.165, 1.54) is 25.2 Å². The van der Waals surface area contributed by atoms with Gasteiger partial charge in [-0.15, -0.1) is 0 Å². The van der Waals surface area contributed by atoms with Crippen LogP contribution < -0.4 is 14.8 Å². The molecule has 0 saturated carbocycles. The number of hydrogen-bond acceptors (Lipinski definition) is 5. The van der Waals surface area contributed by atoms with Crippen LogP contribution in [0.1, 0.15) is 15.9 Å². The lowest BCUT2D eigenvalue weighted by Crippen LogP contribution is -2.25. The molecule has 0 bridgehead atoms. The third kappa shape index (κ3) is 4.89. The summed E-state index contributed by atoms with van der Waals surface area (Å²) in [6.07, 6.45) is 0. The first-order valence-electron chi connectivity index (χ1n) is 7.64. The van der Waals surface area contributed by atoms with Crippen LogP contribution in [0, 0.1) is 5.82 Å². The maximum atomic E-state index is 13.7. The Bertz CT molecular complexity index is 1070. The number of nitrogens with one attached hydrogen (secondary N) is 3. The third-order valence-electron chi connectivity index (χ3n) is 3.68. The summed E-state index contributed by atoms with van der Waals surface area (Å²) in [7, 11) is -5.26. The van der Waals surface area contributed by atoms with Crippen molar-refractivity contribution in [2.75, 3.05) is 14.1 Å². The zero-order valence-electron chi connectivity index (χ0n) is 14.5. The Morgan fingerprint density at radius 3 is 2.26 bits per heavy atom.